The number of hydrogen-bond acceptors (Lipinski definition) is 25. The van der Waals surface area contributed by atoms with Crippen molar-refractivity contribution in [1.82, 2.24) is 20.4 Å². The van der Waals surface area contributed by atoms with Crippen molar-refractivity contribution in [1.29, 1.82) is 0 Å². The Balaban J connectivity index is 0.731. The lowest BCUT2D eigenvalue weighted by Gasteiger charge is -2.39. The number of ketones is 1. The Bertz CT molecular complexity index is 4850. The Kier molecular flexibility index (Phi) is 25.2. The Hall–Kier alpha value is -10.6. The third-order valence-corrected chi connectivity index (χ3v) is 20.9. The topological polar surface area (TPSA) is 402 Å². The predicted octanol–water partition coefficient (Wildman–Crippen LogP) is 6.96. The average Bonchev–Trinajstić information content (AvgIpc) is 1.69. The number of carbonyl (C=O) groups is 5. The van der Waals surface area contributed by atoms with Gasteiger partial charge in [-0.05, 0) is 146 Å². The molecule has 1 unspecified atom stereocenters. The summed E-state index contributed by atoms with van der Waals surface area (Å²) < 4.78 is 119. The number of nitrogens with one attached hydrogen (secondary N) is 2. The molecule has 0 aromatic heterocycles. The number of rotatable bonds is 31. The monoisotopic (exact) mass is 1600 g/mol. The average molecular weight is 1600 g/mol. The number of methoxy groups -OCH3 is 2. The zero-order valence-corrected chi connectivity index (χ0v) is 64.8. The van der Waals surface area contributed by atoms with E-state index in [1.165, 1.54) is 32.4 Å². The smallest absolute Gasteiger partial charge is 0.493 e. The van der Waals surface area contributed by atoms with Gasteiger partial charge in [-0.3, -0.25) is 33.7 Å². The van der Waals surface area contributed by atoms with Crippen LogP contribution in [0.2, 0.25) is 0 Å². The van der Waals surface area contributed by atoms with Crippen molar-refractivity contribution in [2.75, 3.05) is 60.4 Å². The van der Waals surface area contributed by atoms with Gasteiger partial charge in [0.05, 0.1) is 76.1 Å². The maximum atomic E-state index is 14.3. The number of fused-ring (bicyclic) bond motifs is 6. The van der Waals surface area contributed by atoms with Crippen LogP contribution in [0.3, 0.4) is 0 Å². The van der Waals surface area contributed by atoms with Crippen LogP contribution in [0.4, 0.5) is 16.2 Å². The van der Waals surface area contributed by atoms with Crippen LogP contribution in [-0.2, 0) is 91.8 Å². The first-order chi connectivity index (χ1) is 53.8. The van der Waals surface area contributed by atoms with Crippen molar-refractivity contribution in [3.05, 3.63) is 195 Å². The first kappa shape index (κ1) is 81.9. The standard InChI is InChI=1S/C80H89N7O24S2/c1-80(2,3)109-79(96)84-63(46-112(97,98)99)64(89)17-12-25-104-26-24-81-75(93)53-20-23-65(107-78-74(92)73(91)72(90)71(43-88)108-78)70(32-53)111-113(100,101)110-58-21-18-47(19-22-58)41-87(4,5)42-48-27-49(44-105-68-35-61-59(33-66(68)102-6)76(94)85-39-54-15-10-8-13-51(54)30-56(85)37-82-61)29-50(28-48)45-106-69-36-62-60(34-67(69)103-7)77(95)86-40-55-16-11-9-14-52(55)31-57(86)38-83-62/h8-11,13-16,18-23,27-29,32-38,56-57,63,71-74,78,88,90-92H,12,17,24-26,30-31,39-46H2,1-7H3,(H2-,81,84,93,96,97,98,99)/p+1/t56-,57-,63+,71+,72-,73-,74+,78?/m0/s1. The van der Waals surface area contributed by atoms with Gasteiger partial charge in [0.25, 0.3) is 27.8 Å². The van der Waals surface area contributed by atoms with Gasteiger partial charge in [0.2, 0.25) is 6.29 Å². The van der Waals surface area contributed by atoms with E-state index >= 15 is 0 Å². The number of aliphatic imine (C=N–C) groups is 2. The van der Waals surface area contributed by atoms with E-state index in [1.54, 1.807) is 57.2 Å². The first-order valence-electron chi connectivity index (χ1n) is 36.4. The van der Waals surface area contributed by atoms with Crippen molar-refractivity contribution in [2.24, 2.45) is 9.98 Å². The molecule has 1 fully saturated rings. The fourth-order valence-corrected chi connectivity index (χ4v) is 15.4. The number of ether oxygens (including phenoxy) is 8. The summed E-state index contributed by atoms with van der Waals surface area (Å²) in [7, 11) is -2.79. The van der Waals surface area contributed by atoms with E-state index < -0.39 is 105 Å². The van der Waals surface area contributed by atoms with Crippen molar-refractivity contribution in [3.8, 4) is 40.2 Å². The zero-order chi connectivity index (χ0) is 80.7. The highest BCUT2D eigenvalue weighted by molar-refractivity contribution is 7.85. The second kappa shape index (κ2) is 34.8. The van der Waals surface area contributed by atoms with Crippen LogP contribution in [0.15, 0.2) is 143 Å². The lowest BCUT2D eigenvalue weighted by molar-refractivity contribution is -0.916. The number of alkyl carbamates (subject to hydrolysis) is 1. The molecule has 1 saturated heterocycles. The van der Waals surface area contributed by atoms with Crippen LogP contribution in [0.5, 0.6) is 40.2 Å². The maximum Gasteiger partial charge on any atom is 0.501 e. The molecule has 113 heavy (non-hydrogen) atoms. The minimum Gasteiger partial charge on any atom is -0.493 e. The summed E-state index contributed by atoms with van der Waals surface area (Å²) in [4.78, 5) is 80.7. The molecule has 0 radical (unpaired) electrons. The van der Waals surface area contributed by atoms with E-state index in [9.17, 15) is 65.8 Å². The second-order valence-corrected chi connectivity index (χ2v) is 32.3. The van der Waals surface area contributed by atoms with Crippen LogP contribution in [0.25, 0.3) is 0 Å². The van der Waals surface area contributed by atoms with E-state index in [0.29, 0.717) is 89.0 Å². The van der Waals surface area contributed by atoms with Crippen LogP contribution >= 0.6 is 0 Å². The molecule has 5 aliphatic rings. The molecule has 7 N–H and O–H groups in total. The van der Waals surface area contributed by atoms with Gasteiger partial charge in [0, 0.05) is 73.9 Å². The van der Waals surface area contributed by atoms with Crippen LogP contribution < -0.4 is 42.7 Å². The van der Waals surface area contributed by atoms with Gasteiger partial charge in [-0.1, -0.05) is 48.5 Å². The van der Waals surface area contributed by atoms with E-state index in [2.05, 4.69) is 22.8 Å². The number of amides is 4. The van der Waals surface area contributed by atoms with Gasteiger partial charge in [0.15, 0.2) is 40.3 Å². The molecule has 5 aliphatic heterocycles. The van der Waals surface area contributed by atoms with Gasteiger partial charge in [-0.15, -0.1) is 8.42 Å². The van der Waals surface area contributed by atoms with Crippen molar-refractivity contribution < 1.29 is 117 Å². The number of hydrogen-bond donors (Lipinski definition) is 7. The summed E-state index contributed by atoms with van der Waals surface area (Å²) in [5.41, 5.74) is 8.06. The largest absolute Gasteiger partial charge is 0.501 e. The first-order valence-corrected chi connectivity index (χ1v) is 39.4. The highest BCUT2D eigenvalue weighted by Gasteiger charge is 2.46. The summed E-state index contributed by atoms with van der Waals surface area (Å²) in [5, 5.41) is 46.5. The highest BCUT2D eigenvalue weighted by atomic mass is 32.3. The number of carbonyl (C=O) groups excluding carboxylic acids is 5. The minimum atomic E-state index is -5.14. The Morgan fingerprint density at radius 2 is 1.19 bits per heavy atom. The third kappa shape index (κ3) is 20.6. The molecule has 5 heterocycles. The molecule has 8 atom stereocenters. The van der Waals surface area contributed by atoms with E-state index in [4.69, 9.17) is 56.2 Å². The summed E-state index contributed by atoms with van der Waals surface area (Å²) in [6.07, 6.45) is -5.31. The SMILES string of the molecule is COc1cc2c(cc1OCc1cc(COc3cc4c(cc3OC)C(=O)N3Cc5ccccc5C[C@H]3C=N4)cc(C[N+](C)(C)Cc3ccc(OS(=O)(=O)Oc4cc(C(=O)NCCOCCCC(=O)[C@@H](CS(=O)(=O)O)NC(=O)OC(C)(C)C)ccc4OC4O[C@H](CO)[C@H](O)[C@H](O)[C@H]4O)cc3)c1)N=C[C@@H]1Cc3ccccc3CN1C2=O. The van der Waals surface area contributed by atoms with E-state index in [0.717, 1.165) is 56.6 Å². The summed E-state index contributed by atoms with van der Waals surface area (Å²) >= 11 is 0. The van der Waals surface area contributed by atoms with Crippen molar-refractivity contribution in [2.45, 2.75) is 140 Å². The lowest BCUT2D eigenvalue weighted by atomic mass is 9.94. The molecular weight excluding hydrogens is 1510 g/mol. The Morgan fingerprint density at radius 3 is 1.73 bits per heavy atom. The van der Waals surface area contributed by atoms with Crippen LogP contribution in [0.1, 0.15) is 109 Å². The summed E-state index contributed by atoms with van der Waals surface area (Å²) in [5.74, 6) is -2.91. The molecular formula is C80H90N7O24S2+. The molecule has 4 amide bonds. The van der Waals surface area contributed by atoms with Crippen LogP contribution in [0, 0.1) is 0 Å². The molecule has 7 aromatic rings. The fourth-order valence-electron chi connectivity index (χ4n) is 13.9. The molecule has 0 spiro atoms. The lowest BCUT2D eigenvalue weighted by Crippen LogP contribution is -2.60. The fraction of sp³-hybridized carbons (Fsp3) is 0.388. The minimum absolute atomic E-state index is 0.0373. The second-order valence-electron chi connectivity index (χ2n) is 29.6. The third-order valence-electron chi connectivity index (χ3n) is 19.3. The quantitative estimate of drug-likeness (QED) is 0.0131. The maximum absolute atomic E-state index is 14.3. The highest BCUT2D eigenvalue weighted by Crippen LogP contribution is 2.42. The van der Waals surface area contributed by atoms with Gasteiger partial charge in [0.1, 0.15) is 73.9 Å². The molecule has 7 aromatic carbocycles. The normalized spacial score (nSPS) is 19.5. The number of aliphatic hydroxyl groups is 4. The number of Topliss-reactive ketones (excluding diaryl/α,β-unsaturated/α-hetero) is 1. The number of benzene rings is 7. The molecule has 12 rings (SSSR count). The van der Waals surface area contributed by atoms with Crippen molar-refractivity contribution in [3.63, 3.8) is 0 Å². The molecule has 0 aliphatic carbocycles. The number of aliphatic hydroxyl groups excluding tert-OH is 4. The van der Waals surface area contributed by atoms with Gasteiger partial charge in [-0.25, -0.2) is 4.79 Å². The molecule has 31 nitrogen and oxygen atoms in total. The molecule has 600 valence electrons. The van der Waals surface area contributed by atoms with Gasteiger partial charge >= 0.3 is 16.5 Å². The van der Waals surface area contributed by atoms with Gasteiger partial charge < -0.3 is 91.6 Å². The van der Waals surface area contributed by atoms with E-state index in [-0.39, 0.29) is 81.0 Å². The van der Waals surface area contributed by atoms with Crippen molar-refractivity contribution >= 4 is 73.9 Å². The molecule has 0 bridgehead atoms. The van der Waals surface area contributed by atoms with E-state index in [1.807, 2.05) is 90.9 Å². The Labute approximate surface area is 653 Å². The molecule has 0 saturated carbocycles. The zero-order valence-electron chi connectivity index (χ0n) is 63.1. The molecule has 33 heteroatoms. The predicted molar refractivity (Wildman–Crippen MR) is 409 cm³/mol. The van der Waals surface area contributed by atoms with Crippen LogP contribution in [-0.4, -0.2) is 213 Å². The number of quaternary nitrogens is 1. The van der Waals surface area contributed by atoms with Gasteiger partial charge in [-0.2, -0.15) is 8.42 Å². The Morgan fingerprint density at radius 1 is 0.637 bits per heavy atom. The summed E-state index contributed by atoms with van der Waals surface area (Å²) in [6, 6.07) is 36.2. The summed E-state index contributed by atoms with van der Waals surface area (Å²) in [6.45, 7) is 5.30. The number of nitrogens with zero attached hydrogens (tertiary/aromatic N) is 5.